The van der Waals surface area contributed by atoms with E-state index >= 15 is 0 Å². The number of hydrogen-bond acceptors (Lipinski definition) is 5. The zero-order valence-electron chi connectivity index (χ0n) is 18.4. The number of ether oxygens (including phenoxy) is 3. The summed E-state index contributed by atoms with van der Waals surface area (Å²) < 4.78 is 16.3. The van der Waals surface area contributed by atoms with Gasteiger partial charge in [-0.15, -0.1) is 0 Å². The molecule has 2 N–H and O–H groups in total. The largest absolute Gasteiger partial charge is 0.497 e. The van der Waals surface area contributed by atoms with Gasteiger partial charge in [-0.2, -0.15) is 0 Å². The first kappa shape index (κ1) is 23.2. The van der Waals surface area contributed by atoms with Crippen molar-refractivity contribution in [2.45, 2.75) is 12.6 Å². The highest BCUT2D eigenvalue weighted by Gasteiger charge is 2.23. The van der Waals surface area contributed by atoms with Crippen molar-refractivity contribution in [3.8, 4) is 11.5 Å². The van der Waals surface area contributed by atoms with Crippen molar-refractivity contribution in [3.05, 3.63) is 58.6 Å². The number of rotatable bonds is 8. The summed E-state index contributed by atoms with van der Waals surface area (Å²) in [7, 11) is 5.07. The molecule has 0 amide bonds. The lowest BCUT2D eigenvalue weighted by atomic mass is 10.0. The zero-order valence-corrected chi connectivity index (χ0v) is 19.1. The lowest BCUT2D eigenvalue weighted by Crippen LogP contribution is -2.46. The molecule has 0 bridgehead atoms. The number of guanidine groups is 1. The minimum atomic E-state index is 0.190. The van der Waals surface area contributed by atoms with Crippen molar-refractivity contribution in [1.29, 1.82) is 0 Å². The van der Waals surface area contributed by atoms with E-state index in [4.69, 9.17) is 25.8 Å². The molecular formula is C23H31ClN4O3. The number of aliphatic imine (C=N–C) groups is 1. The summed E-state index contributed by atoms with van der Waals surface area (Å²) in [5.74, 6) is 2.26. The molecule has 1 aliphatic rings. The van der Waals surface area contributed by atoms with Gasteiger partial charge in [-0.25, -0.2) is 0 Å². The Balaban J connectivity index is 1.64. The lowest BCUT2D eigenvalue weighted by molar-refractivity contribution is 0.0170. The highest BCUT2D eigenvalue weighted by Crippen LogP contribution is 2.25. The van der Waals surface area contributed by atoms with Crippen LogP contribution in [0.15, 0.2) is 47.5 Å². The summed E-state index contributed by atoms with van der Waals surface area (Å²) in [6.07, 6.45) is 0. The number of hydrogen-bond donors (Lipinski definition) is 2. The van der Waals surface area contributed by atoms with Gasteiger partial charge in [0, 0.05) is 49.9 Å². The number of halogens is 1. The van der Waals surface area contributed by atoms with Crippen LogP contribution in [0.4, 0.5) is 0 Å². The van der Waals surface area contributed by atoms with Crippen LogP contribution in [0.25, 0.3) is 0 Å². The van der Waals surface area contributed by atoms with Crippen LogP contribution < -0.4 is 20.1 Å². The molecule has 2 aromatic rings. The van der Waals surface area contributed by atoms with Gasteiger partial charge in [0.25, 0.3) is 0 Å². The molecule has 31 heavy (non-hydrogen) atoms. The molecule has 3 rings (SSSR count). The summed E-state index contributed by atoms with van der Waals surface area (Å²) in [4.78, 5) is 6.81. The third-order valence-electron chi connectivity index (χ3n) is 5.37. The second-order valence-electron chi connectivity index (χ2n) is 7.20. The molecular weight excluding hydrogens is 416 g/mol. The molecule has 1 fully saturated rings. The molecule has 0 radical (unpaired) electrons. The van der Waals surface area contributed by atoms with Crippen molar-refractivity contribution in [1.82, 2.24) is 15.5 Å². The van der Waals surface area contributed by atoms with Crippen LogP contribution in [-0.4, -0.2) is 65.0 Å². The van der Waals surface area contributed by atoms with Crippen LogP contribution in [-0.2, 0) is 11.3 Å². The standard InChI is InChI=1S/C23H31ClN4O3/c1-25-23(26-15-18-6-9-20(29-2)14-22(18)30-3)27-16-21(28-10-12-31-13-11-28)17-4-7-19(24)8-5-17/h4-9,14,21H,10-13,15-16H2,1-3H3,(H2,25,26,27). The van der Waals surface area contributed by atoms with Gasteiger partial charge in [-0.1, -0.05) is 23.7 Å². The second-order valence-corrected chi connectivity index (χ2v) is 7.64. The third-order valence-corrected chi connectivity index (χ3v) is 5.62. The molecule has 1 saturated heterocycles. The second kappa shape index (κ2) is 11.8. The van der Waals surface area contributed by atoms with Crippen molar-refractivity contribution in [2.75, 3.05) is 54.1 Å². The zero-order chi connectivity index (χ0) is 22.1. The SMILES string of the molecule is CN=C(NCc1ccc(OC)cc1OC)NCC(c1ccc(Cl)cc1)N1CCOCC1. The molecule has 8 heteroatoms. The van der Waals surface area contributed by atoms with Gasteiger partial charge in [0.1, 0.15) is 11.5 Å². The molecule has 1 atom stereocenters. The number of morpholine rings is 1. The van der Waals surface area contributed by atoms with Crippen LogP contribution in [0.5, 0.6) is 11.5 Å². The lowest BCUT2D eigenvalue weighted by Gasteiger charge is -2.35. The smallest absolute Gasteiger partial charge is 0.191 e. The number of nitrogens with zero attached hydrogens (tertiary/aromatic N) is 2. The van der Waals surface area contributed by atoms with Crippen molar-refractivity contribution >= 4 is 17.6 Å². The minimum absolute atomic E-state index is 0.190. The van der Waals surface area contributed by atoms with Gasteiger partial charge < -0.3 is 24.8 Å². The molecule has 0 saturated carbocycles. The van der Waals surface area contributed by atoms with E-state index in [1.165, 1.54) is 5.56 Å². The van der Waals surface area contributed by atoms with Crippen LogP contribution in [0, 0.1) is 0 Å². The normalized spacial score (nSPS) is 15.9. The molecule has 2 aromatic carbocycles. The minimum Gasteiger partial charge on any atom is -0.497 e. The summed E-state index contributed by atoms with van der Waals surface area (Å²) >= 11 is 6.10. The Labute approximate surface area is 189 Å². The van der Waals surface area contributed by atoms with Crippen LogP contribution in [0.2, 0.25) is 5.02 Å². The topological polar surface area (TPSA) is 67.4 Å². The molecule has 1 unspecified atom stereocenters. The van der Waals surface area contributed by atoms with Crippen LogP contribution in [0.3, 0.4) is 0 Å². The first-order valence-electron chi connectivity index (χ1n) is 10.4. The van der Waals surface area contributed by atoms with Gasteiger partial charge in [-0.05, 0) is 29.8 Å². The summed E-state index contributed by atoms with van der Waals surface area (Å²) in [5.41, 5.74) is 2.24. The molecule has 1 aliphatic heterocycles. The highest BCUT2D eigenvalue weighted by molar-refractivity contribution is 6.30. The summed E-state index contributed by atoms with van der Waals surface area (Å²) in [6.45, 7) is 4.56. The highest BCUT2D eigenvalue weighted by atomic mass is 35.5. The quantitative estimate of drug-likeness (QED) is 0.480. The van der Waals surface area contributed by atoms with E-state index in [9.17, 15) is 0 Å². The first-order valence-corrected chi connectivity index (χ1v) is 10.7. The van der Waals surface area contributed by atoms with Crippen molar-refractivity contribution in [3.63, 3.8) is 0 Å². The Hall–Kier alpha value is -2.48. The van der Waals surface area contributed by atoms with E-state index in [-0.39, 0.29) is 6.04 Å². The Morgan fingerprint density at radius 2 is 1.84 bits per heavy atom. The van der Waals surface area contributed by atoms with Crippen LogP contribution in [0.1, 0.15) is 17.2 Å². The molecule has 1 heterocycles. The molecule has 0 aliphatic carbocycles. The van der Waals surface area contributed by atoms with E-state index in [0.29, 0.717) is 13.1 Å². The molecule has 0 spiro atoms. The van der Waals surface area contributed by atoms with Gasteiger partial charge in [-0.3, -0.25) is 9.89 Å². The average molecular weight is 447 g/mol. The maximum Gasteiger partial charge on any atom is 0.191 e. The van der Waals surface area contributed by atoms with E-state index in [1.54, 1.807) is 21.3 Å². The molecule has 7 nitrogen and oxygen atoms in total. The van der Waals surface area contributed by atoms with Crippen LogP contribution >= 0.6 is 11.6 Å². The number of benzene rings is 2. The monoisotopic (exact) mass is 446 g/mol. The maximum absolute atomic E-state index is 6.10. The van der Waals surface area contributed by atoms with Gasteiger partial charge in [0.15, 0.2) is 5.96 Å². The predicted octanol–water partition coefficient (Wildman–Crippen LogP) is 3.10. The van der Waals surface area contributed by atoms with E-state index in [1.807, 2.05) is 30.3 Å². The van der Waals surface area contributed by atoms with Crippen molar-refractivity contribution in [2.24, 2.45) is 4.99 Å². The number of nitrogens with one attached hydrogen (secondary N) is 2. The third kappa shape index (κ3) is 6.50. The van der Waals surface area contributed by atoms with E-state index in [2.05, 4.69) is 32.7 Å². The molecule has 0 aromatic heterocycles. The fraction of sp³-hybridized carbons (Fsp3) is 0.435. The average Bonchev–Trinajstić information content (AvgIpc) is 2.82. The predicted molar refractivity (Wildman–Crippen MR) is 124 cm³/mol. The Kier molecular flexibility index (Phi) is 8.82. The Morgan fingerprint density at radius 3 is 2.48 bits per heavy atom. The molecule has 168 valence electrons. The van der Waals surface area contributed by atoms with E-state index in [0.717, 1.165) is 54.3 Å². The summed E-state index contributed by atoms with van der Waals surface area (Å²) in [6, 6.07) is 14.0. The van der Waals surface area contributed by atoms with Gasteiger partial charge in [0.05, 0.1) is 33.5 Å². The first-order chi connectivity index (χ1) is 15.1. The van der Waals surface area contributed by atoms with Gasteiger partial charge >= 0.3 is 0 Å². The summed E-state index contributed by atoms with van der Waals surface area (Å²) in [5, 5.41) is 7.58. The fourth-order valence-electron chi connectivity index (χ4n) is 3.62. The Bertz CT molecular complexity index is 854. The van der Waals surface area contributed by atoms with Crippen molar-refractivity contribution < 1.29 is 14.2 Å². The fourth-order valence-corrected chi connectivity index (χ4v) is 3.75. The number of methoxy groups -OCH3 is 2. The Morgan fingerprint density at radius 1 is 1.10 bits per heavy atom. The van der Waals surface area contributed by atoms with E-state index < -0.39 is 0 Å². The maximum atomic E-state index is 6.10. The van der Waals surface area contributed by atoms with Gasteiger partial charge in [0.2, 0.25) is 0 Å².